The summed E-state index contributed by atoms with van der Waals surface area (Å²) in [7, 11) is 0. The SMILES string of the molecule is CC(C(=O)Nc1cc(-c2[nH]c3cc(Cl)cnc3c2-c2ccccn2)ccn1)c1ccc(F)cc1. The first-order valence-corrected chi connectivity index (χ1v) is 11.0. The number of H-pyrrole nitrogens is 1. The molecule has 0 aliphatic heterocycles. The van der Waals surface area contributed by atoms with E-state index in [9.17, 15) is 9.18 Å². The summed E-state index contributed by atoms with van der Waals surface area (Å²) in [5.41, 5.74) is 5.40. The quantitative estimate of drug-likeness (QED) is 0.318. The molecular weight excluding hydrogens is 453 g/mol. The lowest BCUT2D eigenvalue weighted by molar-refractivity contribution is -0.117. The molecule has 0 aliphatic carbocycles. The van der Waals surface area contributed by atoms with Crippen LogP contribution < -0.4 is 5.32 Å². The fraction of sp³-hybridized carbons (Fsp3) is 0.0769. The van der Waals surface area contributed by atoms with Crippen molar-refractivity contribution in [2.75, 3.05) is 5.32 Å². The maximum absolute atomic E-state index is 13.2. The van der Waals surface area contributed by atoms with Gasteiger partial charge in [-0.3, -0.25) is 14.8 Å². The average molecular weight is 472 g/mol. The van der Waals surface area contributed by atoms with Crippen LogP contribution in [0.3, 0.4) is 0 Å². The normalized spacial score (nSPS) is 12.0. The van der Waals surface area contributed by atoms with Crippen LogP contribution in [0.2, 0.25) is 5.02 Å². The Morgan fingerprint density at radius 2 is 1.85 bits per heavy atom. The highest BCUT2D eigenvalue weighted by molar-refractivity contribution is 6.31. The molecule has 1 aromatic carbocycles. The summed E-state index contributed by atoms with van der Waals surface area (Å²) in [5.74, 6) is -0.669. The number of nitrogens with one attached hydrogen (secondary N) is 2. The molecule has 6 nitrogen and oxygen atoms in total. The minimum atomic E-state index is -0.477. The number of hydrogen-bond donors (Lipinski definition) is 2. The number of aromatic amines is 1. The minimum absolute atomic E-state index is 0.244. The molecule has 0 bridgehead atoms. The zero-order valence-electron chi connectivity index (χ0n) is 18.1. The van der Waals surface area contributed by atoms with Gasteiger partial charge < -0.3 is 10.3 Å². The smallest absolute Gasteiger partial charge is 0.232 e. The molecule has 0 aliphatic rings. The highest BCUT2D eigenvalue weighted by Gasteiger charge is 2.19. The van der Waals surface area contributed by atoms with Crippen LogP contribution in [0, 0.1) is 5.82 Å². The van der Waals surface area contributed by atoms with Crippen molar-refractivity contribution < 1.29 is 9.18 Å². The Hall–Kier alpha value is -4.10. The molecule has 5 aromatic rings. The molecule has 0 spiro atoms. The summed E-state index contributed by atoms with van der Waals surface area (Å²) in [6.45, 7) is 1.76. The van der Waals surface area contributed by atoms with Gasteiger partial charge in [-0.25, -0.2) is 9.37 Å². The van der Waals surface area contributed by atoms with Crippen molar-refractivity contribution in [3.63, 3.8) is 0 Å². The van der Waals surface area contributed by atoms with Crippen LogP contribution >= 0.6 is 11.6 Å². The van der Waals surface area contributed by atoms with Gasteiger partial charge >= 0.3 is 0 Å². The minimum Gasteiger partial charge on any atom is -0.353 e. The number of pyridine rings is 3. The van der Waals surface area contributed by atoms with E-state index in [0.29, 0.717) is 16.4 Å². The molecule has 0 fully saturated rings. The lowest BCUT2D eigenvalue weighted by Gasteiger charge is -2.13. The predicted molar refractivity (Wildman–Crippen MR) is 131 cm³/mol. The lowest BCUT2D eigenvalue weighted by Crippen LogP contribution is -2.19. The molecule has 8 heteroatoms. The molecule has 4 heterocycles. The number of benzene rings is 1. The Bertz CT molecular complexity index is 1480. The molecule has 1 atom stereocenters. The number of amides is 1. The maximum Gasteiger partial charge on any atom is 0.232 e. The van der Waals surface area contributed by atoms with Gasteiger partial charge in [-0.05, 0) is 55.0 Å². The number of rotatable bonds is 5. The van der Waals surface area contributed by atoms with Crippen molar-refractivity contribution in [3.05, 3.63) is 95.7 Å². The second kappa shape index (κ2) is 9.03. The van der Waals surface area contributed by atoms with E-state index >= 15 is 0 Å². The number of aromatic nitrogens is 4. The number of fused-ring (bicyclic) bond motifs is 1. The second-order valence-electron chi connectivity index (χ2n) is 7.83. The van der Waals surface area contributed by atoms with E-state index in [1.54, 1.807) is 43.7 Å². The summed E-state index contributed by atoms with van der Waals surface area (Å²) in [6.07, 6.45) is 4.95. The van der Waals surface area contributed by atoms with Gasteiger partial charge in [0.1, 0.15) is 11.6 Å². The van der Waals surface area contributed by atoms with Crippen LogP contribution in [0.1, 0.15) is 18.4 Å². The first-order valence-electron chi connectivity index (χ1n) is 10.6. The van der Waals surface area contributed by atoms with Gasteiger partial charge in [0.05, 0.1) is 38.9 Å². The summed E-state index contributed by atoms with van der Waals surface area (Å²) in [5, 5.41) is 3.38. The van der Waals surface area contributed by atoms with E-state index < -0.39 is 5.92 Å². The van der Waals surface area contributed by atoms with E-state index in [1.807, 2.05) is 30.3 Å². The third-order valence-electron chi connectivity index (χ3n) is 5.58. The largest absolute Gasteiger partial charge is 0.353 e. The Morgan fingerprint density at radius 1 is 1.03 bits per heavy atom. The summed E-state index contributed by atoms with van der Waals surface area (Å²) < 4.78 is 13.2. The number of carbonyl (C=O) groups is 1. The van der Waals surface area contributed by atoms with Gasteiger partial charge in [-0.2, -0.15) is 0 Å². The molecule has 4 aromatic heterocycles. The van der Waals surface area contributed by atoms with Crippen molar-refractivity contribution in [1.29, 1.82) is 0 Å². The van der Waals surface area contributed by atoms with Gasteiger partial charge in [0.15, 0.2) is 0 Å². The van der Waals surface area contributed by atoms with Crippen LogP contribution in [0.4, 0.5) is 10.2 Å². The van der Waals surface area contributed by atoms with E-state index in [1.165, 1.54) is 12.1 Å². The fourth-order valence-electron chi connectivity index (χ4n) is 3.82. The zero-order chi connectivity index (χ0) is 23.7. The van der Waals surface area contributed by atoms with Gasteiger partial charge in [-0.1, -0.05) is 29.8 Å². The van der Waals surface area contributed by atoms with Crippen LogP contribution in [0.25, 0.3) is 33.5 Å². The summed E-state index contributed by atoms with van der Waals surface area (Å²) in [4.78, 5) is 29.6. The summed E-state index contributed by atoms with van der Waals surface area (Å²) >= 11 is 6.17. The van der Waals surface area contributed by atoms with Gasteiger partial charge in [0.2, 0.25) is 5.91 Å². The van der Waals surface area contributed by atoms with Crippen molar-refractivity contribution in [2.45, 2.75) is 12.8 Å². The molecule has 34 heavy (non-hydrogen) atoms. The van der Waals surface area contributed by atoms with Crippen molar-refractivity contribution in [2.24, 2.45) is 0 Å². The molecule has 5 rings (SSSR count). The second-order valence-corrected chi connectivity index (χ2v) is 8.27. The molecule has 0 saturated heterocycles. The third-order valence-corrected chi connectivity index (χ3v) is 5.79. The lowest BCUT2D eigenvalue weighted by atomic mass is 10.0. The Labute approximate surface area is 199 Å². The first kappa shape index (κ1) is 21.7. The van der Waals surface area contributed by atoms with E-state index in [0.717, 1.165) is 33.5 Å². The van der Waals surface area contributed by atoms with Gasteiger partial charge in [0.25, 0.3) is 0 Å². The highest BCUT2D eigenvalue weighted by atomic mass is 35.5. The molecule has 2 N–H and O–H groups in total. The van der Waals surface area contributed by atoms with E-state index in [2.05, 4.69) is 25.3 Å². The predicted octanol–water partition coefficient (Wildman–Crippen LogP) is 6.22. The molecule has 168 valence electrons. The molecule has 0 radical (unpaired) electrons. The first-order chi connectivity index (χ1) is 16.5. The Morgan fingerprint density at radius 3 is 2.62 bits per heavy atom. The molecular formula is C26H19ClFN5O. The summed E-state index contributed by atoms with van der Waals surface area (Å²) in [6, 6.07) is 17.0. The standard InChI is InChI=1S/C26H19ClFN5O/c1-15(16-5-7-19(28)8-6-16)26(34)33-22-12-17(9-11-30-22)24-23(20-4-2-3-10-29-20)25-21(32-24)13-18(27)14-31-25/h2-15,32H,1H3,(H,30,33,34). The van der Waals surface area contributed by atoms with Gasteiger partial charge in [-0.15, -0.1) is 0 Å². The number of nitrogens with zero attached hydrogens (tertiary/aromatic N) is 3. The average Bonchev–Trinajstić information content (AvgIpc) is 3.23. The monoisotopic (exact) mass is 471 g/mol. The van der Waals surface area contributed by atoms with Crippen LogP contribution in [-0.2, 0) is 4.79 Å². The van der Waals surface area contributed by atoms with Crippen molar-refractivity contribution >= 4 is 34.4 Å². The highest BCUT2D eigenvalue weighted by Crippen LogP contribution is 2.37. The molecule has 1 amide bonds. The van der Waals surface area contributed by atoms with Gasteiger partial charge in [0, 0.05) is 24.2 Å². The molecule has 0 saturated carbocycles. The number of carbonyl (C=O) groups excluding carboxylic acids is 1. The van der Waals surface area contributed by atoms with Crippen LogP contribution in [-0.4, -0.2) is 25.8 Å². The van der Waals surface area contributed by atoms with Crippen molar-refractivity contribution in [1.82, 2.24) is 19.9 Å². The third kappa shape index (κ3) is 4.25. The topological polar surface area (TPSA) is 83.6 Å². The van der Waals surface area contributed by atoms with Crippen molar-refractivity contribution in [3.8, 4) is 22.5 Å². The zero-order valence-corrected chi connectivity index (χ0v) is 18.8. The van der Waals surface area contributed by atoms with E-state index in [-0.39, 0.29) is 11.7 Å². The number of hydrogen-bond acceptors (Lipinski definition) is 4. The van der Waals surface area contributed by atoms with E-state index in [4.69, 9.17) is 11.6 Å². The maximum atomic E-state index is 13.2. The van der Waals surface area contributed by atoms with Crippen LogP contribution in [0.15, 0.2) is 79.3 Å². The number of anilines is 1. The Balaban J connectivity index is 1.51. The number of halogens is 2. The van der Waals surface area contributed by atoms with Crippen LogP contribution in [0.5, 0.6) is 0 Å². The Kier molecular flexibility index (Phi) is 5.77. The molecule has 1 unspecified atom stereocenters. The fourth-order valence-corrected chi connectivity index (χ4v) is 3.98.